The first-order valence-corrected chi connectivity index (χ1v) is 6.74. The molecular weight excluding hydrogens is 364 g/mol. The Bertz CT molecular complexity index is 632. The molecule has 0 heterocycles. The third-order valence-corrected chi connectivity index (χ3v) is 3.93. The SMILES string of the molecule is Fc1ccc(C(Cl)c2cc(F)c(Br)cc2F)cc1Cl. The molecule has 1 atom stereocenters. The molecule has 0 saturated heterocycles. The number of alkyl halides is 1. The second-order valence-electron chi connectivity index (χ2n) is 3.82. The Kier molecular flexibility index (Phi) is 4.43. The van der Waals surface area contributed by atoms with Crippen LogP contribution in [-0.2, 0) is 0 Å². The van der Waals surface area contributed by atoms with Crippen LogP contribution >= 0.6 is 39.1 Å². The molecule has 0 aromatic heterocycles. The number of halogens is 6. The summed E-state index contributed by atoms with van der Waals surface area (Å²) in [5.41, 5.74) is 0.346. The van der Waals surface area contributed by atoms with Crippen molar-refractivity contribution in [3.05, 3.63) is 68.4 Å². The van der Waals surface area contributed by atoms with E-state index in [-0.39, 0.29) is 15.1 Å². The molecule has 0 fully saturated rings. The van der Waals surface area contributed by atoms with Gasteiger partial charge in [-0.1, -0.05) is 17.7 Å². The van der Waals surface area contributed by atoms with Crippen LogP contribution in [0.3, 0.4) is 0 Å². The third-order valence-electron chi connectivity index (χ3n) is 2.55. The van der Waals surface area contributed by atoms with Crippen LogP contribution in [0.2, 0.25) is 5.02 Å². The van der Waals surface area contributed by atoms with E-state index in [1.807, 2.05) is 0 Å². The van der Waals surface area contributed by atoms with Crippen molar-refractivity contribution < 1.29 is 13.2 Å². The van der Waals surface area contributed by atoms with Crippen LogP contribution in [0, 0.1) is 17.5 Å². The van der Waals surface area contributed by atoms with E-state index in [4.69, 9.17) is 23.2 Å². The molecule has 0 amide bonds. The second kappa shape index (κ2) is 5.73. The van der Waals surface area contributed by atoms with E-state index in [2.05, 4.69) is 15.9 Å². The lowest BCUT2D eigenvalue weighted by Crippen LogP contribution is -1.99. The Morgan fingerprint density at radius 3 is 2.26 bits per heavy atom. The largest absolute Gasteiger partial charge is 0.207 e. The van der Waals surface area contributed by atoms with Crippen molar-refractivity contribution in [3.8, 4) is 0 Å². The molecule has 0 nitrogen and oxygen atoms in total. The van der Waals surface area contributed by atoms with Gasteiger partial charge < -0.3 is 0 Å². The van der Waals surface area contributed by atoms with Gasteiger partial charge in [0.2, 0.25) is 0 Å². The highest BCUT2D eigenvalue weighted by atomic mass is 79.9. The standard InChI is InChI=1S/C13H6BrCl2F3/c14-8-5-11(18)7(4-12(8)19)13(16)6-1-2-10(17)9(15)3-6/h1-5,13H. The van der Waals surface area contributed by atoms with Gasteiger partial charge in [0.05, 0.1) is 14.9 Å². The lowest BCUT2D eigenvalue weighted by atomic mass is 10.0. The van der Waals surface area contributed by atoms with Gasteiger partial charge in [0.15, 0.2) is 0 Å². The Labute approximate surface area is 126 Å². The fraction of sp³-hybridized carbons (Fsp3) is 0.0769. The maximum Gasteiger partial charge on any atom is 0.141 e. The Morgan fingerprint density at radius 2 is 1.63 bits per heavy atom. The van der Waals surface area contributed by atoms with E-state index in [9.17, 15) is 13.2 Å². The first-order chi connectivity index (χ1) is 8.90. The summed E-state index contributed by atoms with van der Waals surface area (Å²) in [5.74, 6) is -1.89. The van der Waals surface area contributed by atoms with Gasteiger partial charge in [0.1, 0.15) is 17.5 Å². The van der Waals surface area contributed by atoms with Gasteiger partial charge in [-0.25, -0.2) is 13.2 Å². The van der Waals surface area contributed by atoms with Crippen LogP contribution < -0.4 is 0 Å². The second-order valence-corrected chi connectivity index (χ2v) is 5.52. The van der Waals surface area contributed by atoms with E-state index < -0.39 is 22.8 Å². The first-order valence-electron chi connectivity index (χ1n) is 5.13. The summed E-state index contributed by atoms with van der Waals surface area (Å²) in [7, 11) is 0. The van der Waals surface area contributed by atoms with E-state index in [0.29, 0.717) is 5.56 Å². The first kappa shape index (κ1) is 14.7. The predicted octanol–water partition coefficient (Wildman–Crippen LogP) is 5.85. The van der Waals surface area contributed by atoms with Crippen molar-refractivity contribution in [3.63, 3.8) is 0 Å². The molecule has 1 unspecified atom stereocenters. The smallest absolute Gasteiger partial charge is 0.141 e. The summed E-state index contributed by atoms with van der Waals surface area (Å²) in [6.45, 7) is 0. The molecule has 0 bridgehead atoms. The van der Waals surface area contributed by atoms with Crippen LogP contribution in [-0.4, -0.2) is 0 Å². The summed E-state index contributed by atoms with van der Waals surface area (Å²) in [6, 6.07) is 5.77. The quantitative estimate of drug-likeness (QED) is 0.460. The van der Waals surface area contributed by atoms with Gasteiger partial charge >= 0.3 is 0 Å². The molecule has 6 heteroatoms. The summed E-state index contributed by atoms with van der Waals surface area (Å²) in [5, 5.41) is -1.08. The van der Waals surface area contributed by atoms with Gasteiger partial charge in [-0.3, -0.25) is 0 Å². The maximum atomic E-state index is 13.8. The number of benzene rings is 2. The normalized spacial score (nSPS) is 12.5. The van der Waals surface area contributed by atoms with E-state index in [0.717, 1.165) is 18.2 Å². The summed E-state index contributed by atoms with van der Waals surface area (Å²) in [6.07, 6.45) is 0. The van der Waals surface area contributed by atoms with Crippen LogP contribution in [0.25, 0.3) is 0 Å². The molecule has 19 heavy (non-hydrogen) atoms. The Hall–Kier alpha value is -0.710. The molecular formula is C13H6BrCl2F3. The van der Waals surface area contributed by atoms with Gasteiger partial charge in [-0.15, -0.1) is 11.6 Å². The molecule has 2 aromatic carbocycles. The summed E-state index contributed by atoms with van der Waals surface area (Å²) >= 11 is 14.6. The molecule has 0 aliphatic carbocycles. The highest BCUT2D eigenvalue weighted by Crippen LogP contribution is 2.34. The fourth-order valence-electron chi connectivity index (χ4n) is 1.58. The van der Waals surface area contributed by atoms with Gasteiger partial charge in [-0.05, 0) is 45.8 Å². The van der Waals surface area contributed by atoms with Crippen LogP contribution in [0.5, 0.6) is 0 Å². The minimum absolute atomic E-state index is 0.00903. The molecule has 0 radical (unpaired) electrons. The number of hydrogen-bond donors (Lipinski definition) is 0. The van der Waals surface area contributed by atoms with Gasteiger partial charge in [0.25, 0.3) is 0 Å². The number of hydrogen-bond acceptors (Lipinski definition) is 0. The van der Waals surface area contributed by atoms with E-state index in [1.54, 1.807) is 0 Å². The zero-order valence-electron chi connectivity index (χ0n) is 9.23. The molecule has 0 aliphatic rings. The molecule has 2 aromatic rings. The van der Waals surface area contributed by atoms with Crippen LogP contribution in [0.4, 0.5) is 13.2 Å². The van der Waals surface area contributed by atoms with Gasteiger partial charge in [0, 0.05) is 5.56 Å². The lowest BCUT2D eigenvalue weighted by molar-refractivity contribution is 0.582. The molecule has 0 N–H and O–H groups in total. The predicted molar refractivity (Wildman–Crippen MR) is 73.2 cm³/mol. The fourth-order valence-corrected chi connectivity index (χ4v) is 2.39. The lowest BCUT2D eigenvalue weighted by Gasteiger charge is -2.12. The average molecular weight is 370 g/mol. The van der Waals surface area contributed by atoms with Crippen LogP contribution in [0.1, 0.15) is 16.5 Å². The third kappa shape index (κ3) is 3.07. The Morgan fingerprint density at radius 1 is 0.947 bits per heavy atom. The van der Waals surface area contributed by atoms with Crippen molar-refractivity contribution in [2.75, 3.05) is 0 Å². The Balaban J connectivity index is 2.46. The average Bonchev–Trinajstić information content (AvgIpc) is 2.36. The van der Waals surface area contributed by atoms with E-state index >= 15 is 0 Å². The van der Waals surface area contributed by atoms with Crippen molar-refractivity contribution in [2.24, 2.45) is 0 Å². The molecule has 0 aliphatic heterocycles. The molecule has 0 spiro atoms. The molecule has 100 valence electrons. The zero-order chi connectivity index (χ0) is 14.2. The highest BCUT2D eigenvalue weighted by Gasteiger charge is 2.18. The van der Waals surface area contributed by atoms with Crippen LogP contribution in [0.15, 0.2) is 34.8 Å². The van der Waals surface area contributed by atoms with Crippen molar-refractivity contribution in [1.82, 2.24) is 0 Å². The number of rotatable bonds is 2. The summed E-state index contributed by atoms with van der Waals surface area (Å²) < 4.78 is 40.2. The minimum Gasteiger partial charge on any atom is -0.207 e. The maximum absolute atomic E-state index is 13.8. The monoisotopic (exact) mass is 368 g/mol. The summed E-state index contributed by atoms with van der Waals surface area (Å²) in [4.78, 5) is 0. The van der Waals surface area contributed by atoms with Crippen molar-refractivity contribution in [1.29, 1.82) is 0 Å². The van der Waals surface area contributed by atoms with E-state index in [1.165, 1.54) is 12.1 Å². The van der Waals surface area contributed by atoms with Gasteiger partial charge in [-0.2, -0.15) is 0 Å². The topological polar surface area (TPSA) is 0 Å². The zero-order valence-corrected chi connectivity index (χ0v) is 12.3. The minimum atomic E-state index is -0.958. The van der Waals surface area contributed by atoms with Crippen molar-refractivity contribution >= 4 is 39.1 Å². The van der Waals surface area contributed by atoms with Crippen molar-refractivity contribution in [2.45, 2.75) is 5.38 Å². The molecule has 0 saturated carbocycles. The highest BCUT2D eigenvalue weighted by molar-refractivity contribution is 9.10. The molecule has 2 rings (SSSR count).